The van der Waals surface area contributed by atoms with Gasteiger partial charge in [-0.3, -0.25) is 0 Å². The third-order valence-corrected chi connectivity index (χ3v) is 2.25. The Labute approximate surface area is 97.4 Å². The molecule has 0 spiro atoms. The molecule has 0 fully saturated rings. The van der Waals surface area contributed by atoms with Crippen LogP contribution in [0, 0.1) is 0 Å². The quantitative estimate of drug-likeness (QED) is 0.607. The van der Waals surface area contributed by atoms with E-state index in [0.29, 0.717) is 18.0 Å². The third kappa shape index (κ3) is 5.80. The topological polar surface area (TPSA) is 12.0 Å². The lowest BCUT2D eigenvalue weighted by atomic mass is 10.3. The Balaban J connectivity index is 2.23. The molecule has 0 amide bonds. The maximum absolute atomic E-state index is 12.2. The number of rotatable bonds is 5. The van der Waals surface area contributed by atoms with Crippen LogP contribution in [0.4, 0.5) is 14.5 Å². The highest BCUT2D eigenvalue weighted by Crippen LogP contribution is 2.24. The fourth-order valence-corrected chi connectivity index (χ4v) is 1.35. The van der Waals surface area contributed by atoms with Gasteiger partial charge in [0.05, 0.1) is 0 Å². The normalized spacial score (nSPS) is 11.5. The fraction of sp³-hybridized carbons (Fsp3) is 0.400. The van der Waals surface area contributed by atoms with Gasteiger partial charge in [-0.15, -0.1) is 0 Å². The lowest BCUT2D eigenvalue weighted by molar-refractivity contribution is 0.0848. The van der Waals surface area contributed by atoms with Gasteiger partial charge in [0.1, 0.15) is 0 Å². The molecule has 1 nitrogen and oxygen atoms in total. The Morgan fingerprint density at radius 2 is 1.80 bits per heavy atom. The molecule has 15 heavy (non-hydrogen) atoms. The summed E-state index contributed by atoms with van der Waals surface area (Å²) in [5.41, 5.74) is 0.859. The molecule has 1 N–H and O–H groups in total. The van der Waals surface area contributed by atoms with E-state index in [1.54, 1.807) is 24.3 Å². The van der Waals surface area contributed by atoms with Crippen LogP contribution in [0.15, 0.2) is 24.3 Å². The van der Waals surface area contributed by atoms with E-state index in [9.17, 15) is 8.78 Å². The van der Waals surface area contributed by atoms with Crippen molar-refractivity contribution in [1.29, 1.82) is 0 Å². The van der Waals surface area contributed by atoms with Crippen molar-refractivity contribution < 1.29 is 8.78 Å². The Morgan fingerprint density at radius 1 is 1.20 bits per heavy atom. The van der Waals surface area contributed by atoms with Gasteiger partial charge in [-0.1, -0.05) is 11.6 Å². The zero-order valence-corrected chi connectivity index (χ0v) is 9.45. The second-order valence-corrected chi connectivity index (χ2v) is 4.14. The fourth-order valence-electron chi connectivity index (χ4n) is 1.09. The maximum Gasteiger partial charge on any atom is 0.321 e. The average molecular weight is 254 g/mol. The van der Waals surface area contributed by atoms with Crippen molar-refractivity contribution in [3.8, 4) is 0 Å². The minimum atomic E-state index is -3.10. The maximum atomic E-state index is 12.2. The first-order chi connectivity index (χ1) is 6.97. The zero-order chi connectivity index (χ0) is 11.3. The number of hydrogen-bond donors (Lipinski definition) is 1. The number of nitrogens with one attached hydrogen (secondary N) is 1. The van der Waals surface area contributed by atoms with E-state index in [4.69, 9.17) is 23.2 Å². The van der Waals surface area contributed by atoms with Gasteiger partial charge in [0.15, 0.2) is 0 Å². The first-order valence-corrected chi connectivity index (χ1v) is 5.29. The molecular formula is C10H11Cl2F2N. The van der Waals surface area contributed by atoms with Crippen molar-refractivity contribution in [3.05, 3.63) is 29.3 Å². The molecule has 84 valence electrons. The van der Waals surface area contributed by atoms with E-state index in [0.717, 1.165) is 5.69 Å². The third-order valence-electron chi connectivity index (χ3n) is 1.81. The molecule has 0 aliphatic heterocycles. The molecule has 5 heteroatoms. The van der Waals surface area contributed by atoms with Gasteiger partial charge in [0.25, 0.3) is 0 Å². The summed E-state index contributed by atoms with van der Waals surface area (Å²) in [5, 5.41) is 0.544. The predicted octanol–water partition coefficient (Wildman–Crippen LogP) is 4.36. The molecule has 0 aliphatic rings. The van der Waals surface area contributed by atoms with Crippen molar-refractivity contribution in [2.24, 2.45) is 0 Å². The van der Waals surface area contributed by atoms with E-state index < -0.39 is 5.38 Å². The molecule has 1 aromatic carbocycles. The van der Waals surface area contributed by atoms with Crippen LogP contribution in [0.1, 0.15) is 12.8 Å². The Morgan fingerprint density at radius 3 is 2.33 bits per heavy atom. The van der Waals surface area contributed by atoms with E-state index >= 15 is 0 Å². The molecule has 0 heterocycles. The number of halogens is 4. The highest BCUT2D eigenvalue weighted by atomic mass is 35.5. The summed E-state index contributed by atoms with van der Waals surface area (Å²) in [4.78, 5) is 0. The second kappa shape index (κ2) is 5.52. The van der Waals surface area contributed by atoms with Gasteiger partial charge in [-0.25, -0.2) is 0 Å². The minimum Gasteiger partial charge on any atom is -0.385 e. The zero-order valence-electron chi connectivity index (χ0n) is 7.94. The minimum absolute atomic E-state index is 0.319. The van der Waals surface area contributed by atoms with Gasteiger partial charge in [0.2, 0.25) is 0 Å². The first-order valence-electron chi connectivity index (χ1n) is 4.53. The predicted molar refractivity (Wildman–Crippen MR) is 60.0 cm³/mol. The summed E-state index contributed by atoms with van der Waals surface area (Å²) < 4.78 is 24.4. The average Bonchev–Trinajstić information content (AvgIpc) is 2.14. The number of alkyl halides is 3. The van der Waals surface area contributed by atoms with Gasteiger partial charge >= 0.3 is 5.38 Å². The van der Waals surface area contributed by atoms with Gasteiger partial charge in [-0.05, 0) is 42.3 Å². The van der Waals surface area contributed by atoms with Gasteiger partial charge < -0.3 is 5.32 Å². The van der Waals surface area contributed by atoms with Crippen molar-refractivity contribution >= 4 is 28.9 Å². The van der Waals surface area contributed by atoms with Crippen LogP contribution in [-0.4, -0.2) is 11.9 Å². The summed E-state index contributed by atoms with van der Waals surface area (Å²) >= 11 is 10.4. The highest BCUT2D eigenvalue weighted by Gasteiger charge is 2.23. The van der Waals surface area contributed by atoms with Crippen LogP contribution < -0.4 is 5.32 Å². The van der Waals surface area contributed by atoms with E-state index in [1.165, 1.54) is 0 Å². The molecule has 1 rings (SSSR count). The van der Waals surface area contributed by atoms with Gasteiger partial charge in [-0.2, -0.15) is 8.78 Å². The second-order valence-electron chi connectivity index (χ2n) is 3.15. The smallest absolute Gasteiger partial charge is 0.321 e. The van der Waals surface area contributed by atoms with Crippen LogP contribution in [0.25, 0.3) is 0 Å². The van der Waals surface area contributed by atoms with Crippen LogP contribution in [0.5, 0.6) is 0 Å². The number of benzene rings is 1. The van der Waals surface area contributed by atoms with E-state index in [2.05, 4.69) is 5.32 Å². The van der Waals surface area contributed by atoms with Crippen molar-refractivity contribution in [1.82, 2.24) is 0 Å². The number of hydrogen-bond acceptors (Lipinski definition) is 1. The molecule has 0 bridgehead atoms. The van der Waals surface area contributed by atoms with Crippen LogP contribution in [0.2, 0.25) is 5.02 Å². The lowest BCUT2D eigenvalue weighted by Crippen LogP contribution is -2.09. The summed E-state index contributed by atoms with van der Waals surface area (Å²) in [6.07, 6.45) is -0.00568. The first kappa shape index (κ1) is 12.5. The lowest BCUT2D eigenvalue weighted by Gasteiger charge is -2.09. The summed E-state index contributed by atoms with van der Waals surface area (Å²) in [6.45, 7) is 0.462. The van der Waals surface area contributed by atoms with E-state index in [-0.39, 0.29) is 6.42 Å². The molecule has 0 aromatic heterocycles. The molecule has 0 saturated heterocycles. The molecule has 0 aliphatic carbocycles. The summed E-state index contributed by atoms with van der Waals surface area (Å²) in [5.74, 6) is 0. The van der Waals surface area contributed by atoms with E-state index in [1.807, 2.05) is 0 Å². The molecule has 0 saturated carbocycles. The van der Waals surface area contributed by atoms with Crippen molar-refractivity contribution in [3.63, 3.8) is 0 Å². The molecule has 0 radical (unpaired) electrons. The Kier molecular flexibility index (Phi) is 4.61. The van der Waals surface area contributed by atoms with Crippen LogP contribution >= 0.6 is 23.2 Å². The van der Waals surface area contributed by atoms with Crippen LogP contribution in [-0.2, 0) is 0 Å². The summed E-state index contributed by atoms with van der Waals surface area (Å²) in [6, 6.07) is 7.06. The molecular weight excluding hydrogens is 243 g/mol. The van der Waals surface area contributed by atoms with Crippen molar-refractivity contribution in [2.45, 2.75) is 18.2 Å². The van der Waals surface area contributed by atoms with Gasteiger partial charge in [0, 0.05) is 23.7 Å². The molecule has 0 unspecified atom stereocenters. The van der Waals surface area contributed by atoms with Crippen LogP contribution in [0.3, 0.4) is 0 Å². The Bertz CT molecular complexity index is 295. The Hall–Kier alpha value is -0.540. The monoisotopic (exact) mass is 253 g/mol. The summed E-state index contributed by atoms with van der Waals surface area (Å²) in [7, 11) is 0. The SMILES string of the molecule is FC(F)(Cl)CCCNc1ccc(Cl)cc1. The number of anilines is 1. The van der Waals surface area contributed by atoms with Crippen molar-refractivity contribution in [2.75, 3.05) is 11.9 Å². The molecule has 0 atom stereocenters. The highest BCUT2D eigenvalue weighted by molar-refractivity contribution is 6.30. The standard InChI is InChI=1S/C10H11Cl2F2N/c11-8-2-4-9(5-3-8)15-7-1-6-10(12,13)14/h2-5,15H,1,6-7H2. The largest absolute Gasteiger partial charge is 0.385 e. The molecule has 1 aromatic rings.